The predicted molar refractivity (Wildman–Crippen MR) is 116 cm³/mol. The molecule has 0 saturated carbocycles. The van der Waals surface area contributed by atoms with Gasteiger partial charge < -0.3 is 4.74 Å². The minimum atomic E-state index is 0.963. The van der Waals surface area contributed by atoms with Crippen LogP contribution in [-0.4, -0.2) is 7.11 Å². The average molecular weight is 370 g/mol. The van der Waals surface area contributed by atoms with E-state index in [1.807, 2.05) is 0 Å². The van der Waals surface area contributed by atoms with E-state index in [0.29, 0.717) is 0 Å². The summed E-state index contributed by atoms with van der Waals surface area (Å²) in [7, 11) is 1.73. The van der Waals surface area contributed by atoms with Gasteiger partial charge in [0.15, 0.2) is 5.06 Å². The molecule has 0 N–H and O–H groups in total. The summed E-state index contributed by atoms with van der Waals surface area (Å²) < 4.78 is 8.05. The minimum absolute atomic E-state index is 0.963. The van der Waals surface area contributed by atoms with Gasteiger partial charge >= 0.3 is 0 Å². The van der Waals surface area contributed by atoms with Crippen LogP contribution in [-0.2, 0) is 0 Å². The van der Waals surface area contributed by atoms with Gasteiger partial charge in [0.05, 0.1) is 7.11 Å². The first-order chi connectivity index (χ1) is 12.8. The number of ether oxygens (including phenoxy) is 1. The van der Waals surface area contributed by atoms with E-state index >= 15 is 0 Å². The molecule has 0 spiro atoms. The quantitative estimate of drug-likeness (QED) is 0.271. The van der Waals surface area contributed by atoms with E-state index in [1.54, 1.807) is 29.8 Å². The van der Waals surface area contributed by atoms with Gasteiger partial charge in [0.1, 0.15) is 0 Å². The molecule has 0 unspecified atom stereocenters. The standard InChI is InChI=1S/C23H14OS2/c1-24-23-12-16-9-20-14(11-22(16)26-23)3-5-17-18(20)4-2-13-10-21-15(6-7-25-21)8-19(13)17/h2-12H,1H3. The highest BCUT2D eigenvalue weighted by Crippen LogP contribution is 2.39. The summed E-state index contributed by atoms with van der Waals surface area (Å²) >= 11 is 3.51. The highest BCUT2D eigenvalue weighted by atomic mass is 32.1. The van der Waals surface area contributed by atoms with E-state index in [9.17, 15) is 0 Å². The molecule has 0 aliphatic rings. The second-order valence-electron chi connectivity index (χ2n) is 6.64. The molecular formula is C23H14OS2. The maximum atomic E-state index is 5.42. The number of methoxy groups -OCH3 is 1. The number of hydrogen-bond acceptors (Lipinski definition) is 3. The molecule has 26 heavy (non-hydrogen) atoms. The van der Waals surface area contributed by atoms with Gasteiger partial charge in [0.25, 0.3) is 0 Å². The van der Waals surface area contributed by atoms with Crippen LogP contribution in [0, 0.1) is 0 Å². The third kappa shape index (κ3) is 1.96. The van der Waals surface area contributed by atoms with Crippen molar-refractivity contribution in [3.63, 3.8) is 0 Å². The van der Waals surface area contributed by atoms with E-state index in [2.05, 4.69) is 66.0 Å². The van der Waals surface area contributed by atoms with Crippen molar-refractivity contribution in [1.82, 2.24) is 0 Å². The van der Waals surface area contributed by atoms with Crippen LogP contribution in [0.25, 0.3) is 52.5 Å². The first-order valence-electron chi connectivity index (χ1n) is 8.54. The predicted octanol–water partition coefficient (Wildman–Crippen LogP) is 7.58. The fourth-order valence-electron chi connectivity index (χ4n) is 3.94. The number of rotatable bonds is 1. The van der Waals surface area contributed by atoms with Crippen molar-refractivity contribution >= 4 is 75.2 Å². The summed E-state index contributed by atoms with van der Waals surface area (Å²) in [6, 6.07) is 22.6. The lowest BCUT2D eigenvalue weighted by Crippen LogP contribution is -1.81. The van der Waals surface area contributed by atoms with E-state index in [-0.39, 0.29) is 0 Å². The van der Waals surface area contributed by atoms with Crippen molar-refractivity contribution in [1.29, 1.82) is 0 Å². The Labute approximate surface area is 158 Å². The summed E-state index contributed by atoms with van der Waals surface area (Å²) in [6.07, 6.45) is 0. The van der Waals surface area contributed by atoms with Crippen molar-refractivity contribution in [3.05, 3.63) is 66.0 Å². The van der Waals surface area contributed by atoms with Crippen LogP contribution in [0.3, 0.4) is 0 Å². The molecular weight excluding hydrogens is 356 g/mol. The molecule has 3 heteroatoms. The lowest BCUT2D eigenvalue weighted by molar-refractivity contribution is 0.427. The van der Waals surface area contributed by atoms with E-state index in [4.69, 9.17) is 4.74 Å². The van der Waals surface area contributed by atoms with Gasteiger partial charge in [-0.1, -0.05) is 35.6 Å². The van der Waals surface area contributed by atoms with Crippen LogP contribution in [0.1, 0.15) is 0 Å². The van der Waals surface area contributed by atoms with Crippen LogP contribution >= 0.6 is 22.7 Å². The molecule has 0 radical (unpaired) electrons. The molecule has 0 amide bonds. The van der Waals surface area contributed by atoms with Crippen LogP contribution in [0.15, 0.2) is 66.0 Å². The lowest BCUT2D eigenvalue weighted by atomic mass is 9.96. The summed E-state index contributed by atoms with van der Waals surface area (Å²) in [5.41, 5.74) is 0. The highest BCUT2D eigenvalue weighted by molar-refractivity contribution is 7.20. The van der Waals surface area contributed by atoms with Crippen LogP contribution in [0.4, 0.5) is 0 Å². The van der Waals surface area contributed by atoms with Crippen LogP contribution < -0.4 is 4.74 Å². The minimum Gasteiger partial charge on any atom is -0.487 e. The van der Waals surface area contributed by atoms with E-state index < -0.39 is 0 Å². The Morgan fingerprint density at radius 3 is 2.04 bits per heavy atom. The molecule has 2 aromatic heterocycles. The van der Waals surface area contributed by atoms with Crippen molar-refractivity contribution in [2.24, 2.45) is 0 Å². The van der Waals surface area contributed by atoms with Crippen molar-refractivity contribution in [2.75, 3.05) is 7.11 Å². The van der Waals surface area contributed by atoms with Gasteiger partial charge in [-0.2, -0.15) is 0 Å². The topological polar surface area (TPSA) is 9.23 Å². The SMILES string of the molecule is COc1cc2cc3c(ccc4c5cc6ccsc6cc5ccc34)cc2s1. The number of fused-ring (bicyclic) bond motifs is 7. The molecule has 2 heterocycles. The Hall–Kier alpha value is -2.62. The van der Waals surface area contributed by atoms with Crippen molar-refractivity contribution in [2.45, 2.75) is 0 Å². The van der Waals surface area contributed by atoms with Gasteiger partial charge in [0.2, 0.25) is 0 Å². The molecule has 4 aromatic carbocycles. The van der Waals surface area contributed by atoms with Crippen molar-refractivity contribution < 1.29 is 4.74 Å². The Bertz CT molecular complexity index is 1470. The molecule has 0 atom stereocenters. The maximum Gasteiger partial charge on any atom is 0.174 e. The van der Waals surface area contributed by atoms with E-state index in [1.165, 1.54) is 52.5 Å². The molecule has 6 aromatic rings. The fraction of sp³-hybridized carbons (Fsp3) is 0.0435. The number of benzene rings is 4. The normalized spacial score (nSPS) is 12.0. The van der Waals surface area contributed by atoms with Gasteiger partial charge in [-0.05, 0) is 84.9 Å². The zero-order chi connectivity index (χ0) is 17.3. The molecule has 6 rings (SSSR count). The first-order valence-corrected chi connectivity index (χ1v) is 10.2. The molecule has 0 aliphatic carbocycles. The Morgan fingerprint density at radius 1 is 0.615 bits per heavy atom. The third-order valence-corrected chi connectivity index (χ3v) is 7.16. The summed E-state index contributed by atoms with van der Waals surface area (Å²) in [5.74, 6) is 0. The van der Waals surface area contributed by atoms with Gasteiger partial charge in [-0.15, -0.1) is 11.3 Å². The van der Waals surface area contributed by atoms with Crippen LogP contribution in [0.2, 0.25) is 0 Å². The Kier molecular flexibility index (Phi) is 2.90. The van der Waals surface area contributed by atoms with Crippen LogP contribution in [0.5, 0.6) is 5.06 Å². The highest BCUT2D eigenvalue weighted by Gasteiger charge is 2.09. The number of thiophene rings is 2. The fourth-order valence-corrected chi connectivity index (χ4v) is 5.67. The second-order valence-corrected chi connectivity index (χ2v) is 8.63. The lowest BCUT2D eigenvalue weighted by Gasteiger charge is -2.08. The maximum absolute atomic E-state index is 5.42. The largest absolute Gasteiger partial charge is 0.487 e. The zero-order valence-electron chi connectivity index (χ0n) is 14.1. The molecule has 0 bridgehead atoms. The molecule has 0 fully saturated rings. The molecule has 1 nitrogen and oxygen atoms in total. The Morgan fingerprint density at radius 2 is 1.31 bits per heavy atom. The number of hydrogen-bond donors (Lipinski definition) is 0. The summed E-state index contributed by atoms with van der Waals surface area (Å²) in [6.45, 7) is 0. The zero-order valence-corrected chi connectivity index (χ0v) is 15.7. The molecule has 0 saturated heterocycles. The third-order valence-electron chi connectivity index (χ3n) is 5.22. The Balaban J connectivity index is 1.77. The molecule has 124 valence electrons. The average Bonchev–Trinajstić information content (AvgIpc) is 3.29. The van der Waals surface area contributed by atoms with Gasteiger partial charge in [-0.3, -0.25) is 0 Å². The monoisotopic (exact) mass is 370 g/mol. The molecule has 0 aliphatic heterocycles. The first kappa shape index (κ1) is 14.5. The van der Waals surface area contributed by atoms with Gasteiger partial charge in [0, 0.05) is 9.40 Å². The second kappa shape index (κ2) is 5.19. The van der Waals surface area contributed by atoms with E-state index in [0.717, 1.165) is 5.06 Å². The smallest absolute Gasteiger partial charge is 0.174 e. The summed E-state index contributed by atoms with van der Waals surface area (Å²) in [5, 5.41) is 13.6. The van der Waals surface area contributed by atoms with Gasteiger partial charge in [-0.25, -0.2) is 0 Å². The van der Waals surface area contributed by atoms with Crippen molar-refractivity contribution in [3.8, 4) is 5.06 Å². The summed E-state index contributed by atoms with van der Waals surface area (Å²) in [4.78, 5) is 0.